The summed E-state index contributed by atoms with van der Waals surface area (Å²) in [5.74, 6) is 0.00902. The standard InChI is InChI=1S/C15H17BrN4O/c1-2-11-8-12(16)3-4-13(11)19-9-10-5-6-18-14(7-10)15(17)20-21/h3-8,19,21H,2,9H2,1H3,(H2,17,20). The van der Waals surface area contributed by atoms with Crippen molar-refractivity contribution < 1.29 is 5.21 Å². The van der Waals surface area contributed by atoms with E-state index in [1.165, 1.54) is 5.56 Å². The number of rotatable bonds is 5. The SMILES string of the molecule is CCc1cc(Br)ccc1NCc1ccnc(/C(N)=N/O)c1. The van der Waals surface area contributed by atoms with Gasteiger partial charge in [0.1, 0.15) is 5.69 Å². The van der Waals surface area contributed by atoms with Gasteiger partial charge in [-0.05, 0) is 47.9 Å². The highest BCUT2D eigenvalue weighted by atomic mass is 79.9. The number of benzene rings is 1. The van der Waals surface area contributed by atoms with Gasteiger partial charge in [0.25, 0.3) is 0 Å². The fraction of sp³-hybridized carbons (Fsp3) is 0.200. The number of pyridine rings is 1. The Morgan fingerprint density at radius 1 is 1.38 bits per heavy atom. The van der Waals surface area contributed by atoms with Crippen LogP contribution in [0.3, 0.4) is 0 Å². The first kappa shape index (κ1) is 15.3. The lowest BCUT2D eigenvalue weighted by Crippen LogP contribution is -2.15. The van der Waals surface area contributed by atoms with E-state index in [0.717, 1.165) is 22.1 Å². The Balaban J connectivity index is 2.13. The van der Waals surface area contributed by atoms with Crippen LogP contribution in [0, 0.1) is 0 Å². The van der Waals surface area contributed by atoms with Crippen LogP contribution < -0.4 is 11.1 Å². The highest BCUT2D eigenvalue weighted by molar-refractivity contribution is 9.10. The lowest BCUT2D eigenvalue weighted by molar-refractivity contribution is 0.318. The van der Waals surface area contributed by atoms with Crippen LogP contribution in [-0.2, 0) is 13.0 Å². The first-order chi connectivity index (χ1) is 10.1. The van der Waals surface area contributed by atoms with Crippen molar-refractivity contribution in [3.8, 4) is 0 Å². The van der Waals surface area contributed by atoms with E-state index in [1.54, 1.807) is 12.3 Å². The lowest BCUT2D eigenvalue weighted by atomic mass is 10.1. The van der Waals surface area contributed by atoms with Crippen molar-refractivity contribution in [1.82, 2.24) is 4.98 Å². The van der Waals surface area contributed by atoms with E-state index in [-0.39, 0.29) is 5.84 Å². The van der Waals surface area contributed by atoms with Crippen LogP contribution in [0.25, 0.3) is 0 Å². The molecular weight excluding hydrogens is 332 g/mol. The van der Waals surface area contributed by atoms with Crippen LogP contribution in [0.5, 0.6) is 0 Å². The number of oxime groups is 1. The van der Waals surface area contributed by atoms with E-state index < -0.39 is 0 Å². The van der Waals surface area contributed by atoms with Crippen molar-refractivity contribution in [3.63, 3.8) is 0 Å². The molecule has 2 aromatic rings. The average Bonchev–Trinajstić information content (AvgIpc) is 2.53. The molecule has 1 aromatic heterocycles. The third-order valence-electron chi connectivity index (χ3n) is 3.13. The van der Waals surface area contributed by atoms with Gasteiger partial charge < -0.3 is 16.3 Å². The van der Waals surface area contributed by atoms with Crippen molar-refractivity contribution in [2.45, 2.75) is 19.9 Å². The molecule has 0 atom stereocenters. The molecule has 1 heterocycles. The van der Waals surface area contributed by atoms with Gasteiger partial charge in [-0.25, -0.2) is 0 Å². The van der Waals surface area contributed by atoms with Crippen LogP contribution >= 0.6 is 15.9 Å². The third-order valence-corrected chi connectivity index (χ3v) is 3.62. The first-order valence-electron chi connectivity index (χ1n) is 6.59. The molecular formula is C15H17BrN4O. The summed E-state index contributed by atoms with van der Waals surface area (Å²) in [6.07, 6.45) is 2.60. The zero-order chi connectivity index (χ0) is 15.2. The molecule has 0 unspecified atom stereocenters. The van der Waals surface area contributed by atoms with Gasteiger partial charge in [0, 0.05) is 22.9 Å². The van der Waals surface area contributed by atoms with Crippen LogP contribution in [0.4, 0.5) is 5.69 Å². The molecule has 6 heteroatoms. The number of halogens is 1. The number of aromatic nitrogens is 1. The van der Waals surface area contributed by atoms with Gasteiger partial charge in [0.15, 0.2) is 5.84 Å². The molecule has 2 rings (SSSR count). The van der Waals surface area contributed by atoms with E-state index >= 15 is 0 Å². The van der Waals surface area contributed by atoms with Crippen molar-refractivity contribution in [1.29, 1.82) is 0 Å². The van der Waals surface area contributed by atoms with Gasteiger partial charge in [-0.1, -0.05) is 28.0 Å². The van der Waals surface area contributed by atoms with E-state index in [1.807, 2.05) is 12.1 Å². The molecule has 1 aromatic carbocycles. The second-order valence-electron chi connectivity index (χ2n) is 4.54. The zero-order valence-electron chi connectivity index (χ0n) is 11.7. The summed E-state index contributed by atoms with van der Waals surface area (Å²) < 4.78 is 1.07. The average molecular weight is 349 g/mol. The second kappa shape index (κ2) is 7.08. The number of nitrogens with zero attached hydrogens (tertiary/aromatic N) is 2. The summed E-state index contributed by atoms with van der Waals surface area (Å²) in [5, 5.41) is 15.0. The quantitative estimate of drug-likeness (QED) is 0.335. The van der Waals surface area contributed by atoms with Gasteiger partial charge in [-0.3, -0.25) is 4.98 Å². The molecule has 0 amide bonds. The fourth-order valence-electron chi connectivity index (χ4n) is 2.00. The third kappa shape index (κ3) is 3.95. The molecule has 110 valence electrons. The molecule has 0 saturated heterocycles. The van der Waals surface area contributed by atoms with E-state index in [0.29, 0.717) is 12.2 Å². The molecule has 0 aliphatic heterocycles. The maximum absolute atomic E-state index is 8.68. The van der Waals surface area contributed by atoms with E-state index in [2.05, 4.69) is 50.4 Å². The number of nitrogens with two attached hydrogens (primary N) is 1. The van der Waals surface area contributed by atoms with E-state index in [9.17, 15) is 0 Å². The molecule has 5 nitrogen and oxygen atoms in total. The predicted molar refractivity (Wildman–Crippen MR) is 87.6 cm³/mol. The maximum Gasteiger partial charge on any atom is 0.188 e. The Hall–Kier alpha value is -2.08. The van der Waals surface area contributed by atoms with Crippen molar-refractivity contribution in [2.75, 3.05) is 5.32 Å². The smallest absolute Gasteiger partial charge is 0.188 e. The van der Waals surface area contributed by atoms with Crippen LogP contribution in [0.1, 0.15) is 23.7 Å². The largest absolute Gasteiger partial charge is 0.409 e. The second-order valence-corrected chi connectivity index (χ2v) is 5.46. The Morgan fingerprint density at radius 2 is 2.19 bits per heavy atom. The Bertz CT molecular complexity index is 658. The van der Waals surface area contributed by atoms with Gasteiger partial charge in [-0.15, -0.1) is 0 Å². The molecule has 4 N–H and O–H groups in total. The molecule has 0 aliphatic rings. The minimum atomic E-state index is 0.00902. The molecule has 0 aliphatic carbocycles. The van der Waals surface area contributed by atoms with Gasteiger partial charge in [0.05, 0.1) is 0 Å². The Kier molecular flexibility index (Phi) is 5.16. The normalized spacial score (nSPS) is 11.4. The minimum Gasteiger partial charge on any atom is -0.409 e. The number of aryl methyl sites for hydroxylation is 1. The molecule has 21 heavy (non-hydrogen) atoms. The molecule has 0 spiro atoms. The van der Waals surface area contributed by atoms with E-state index in [4.69, 9.17) is 10.9 Å². The van der Waals surface area contributed by atoms with Crippen LogP contribution in [0.2, 0.25) is 0 Å². The van der Waals surface area contributed by atoms with Gasteiger partial charge in [0.2, 0.25) is 0 Å². The zero-order valence-corrected chi connectivity index (χ0v) is 13.3. The molecule has 0 fully saturated rings. The number of nitrogens with one attached hydrogen (secondary N) is 1. The first-order valence-corrected chi connectivity index (χ1v) is 7.38. The fourth-order valence-corrected chi connectivity index (χ4v) is 2.41. The number of hydrogen-bond acceptors (Lipinski definition) is 4. The highest BCUT2D eigenvalue weighted by Gasteiger charge is 2.04. The van der Waals surface area contributed by atoms with Crippen LogP contribution in [0.15, 0.2) is 46.2 Å². The van der Waals surface area contributed by atoms with Gasteiger partial charge >= 0.3 is 0 Å². The molecule has 0 radical (unpaired) electrons. The number of amidine groups is 1. The summed E-state index contributed by atoms with van der Waals surface area (Å²) >= 11 is 3.48. The van der Waals surface area contributed by atoms with Crippen molar-refractivity contribution in [3.05, 3.63) is 57.8 Å². The monoisotopic (exact) mass is 348 g/mol. The maximum atomic E-state index is 8.68. The Labute approximate surface area is 132 Å². The summed E-state index contributed by atoms with van der Waals surface area (Å²) in [6.45, 7) is 2.76. The Morgan fingerprint density at radius 3 is 2.90 bits per heavy atom. The number of anilines is 1. The topological polar surface area (TPSA) is 83.5 Å². The summed E-state index contributed by atoms with van der Waals surface area (Å²) in [4.78, 5) is 4.06. The van der Waals surface area contributed by atoms with Crippen molar-refractivity contribution in [2.24, 2.45) is 10.9 Å². The highest BCUT2D eigenvalue weighted by Crippen LogP contribution is 2.22. The molecule has 0 bridgehead atoms. The number of hydrogen-bond donors (Lipinski definition) is 3. The summed E-state index contributed by atoms with van der Waals surface area (Å²) in [7, 11) is 0. The minimum absolute atomic E-state index is 0.00902. The van der Waals surface area contributed by atoms with Crippen molar-refractivity contribution >= 4 is 27.5 Å². The lowest BCUT2D eigenvalue weighted by Gasteiger charge is -2.12. The van der Waals surface area contributed by atoms with Gasteiger partial charge in [-0.2, -0.15) is 0 Å². The summed E-state index contributed by atoms with van der Waals surface area (Å²) in [6, 6.07) is 9.86. The predicted octanol–water partition coefficient (Wildman–Crippen LogP) is 3.11. The summed E-state index contributed by atoms with van der Waals surface area (Å²) in [5.41, 5.74) is 9.36. The van der Waals surface area contributed by atoms with Crippen LogP contribution in [-0.4, -0.2) is 16.0 Å². The molecule has 0 saturated carbocycles.